The highest BCUT2D eigenvalue weighted by Gasteiger charge is 2.19. The Morgan fingerprint density at radius 2 is 0.418 bits per heavy atom. The molecule has 0 aliphatic carbocycles. The number of hydrogen-bond acceptors (Lipinski definition) is 6. The number of hydrogen-bond donors (Lipinski definition) is 0. The zero-order valence-electron chi connectivity index (χ0n) is 53.7. The summed E-state index contributed by atoms with van der Waals surface area (Å²) in [6, 6.07) is 0. The Bertz CT molecular complexity index is 1270. The van der Waals surface area contributed by atoms with E-state index in [2.05, 4.69) is 45.1 Å². The van der Waals surface area contributed by atoms with Crippen LogP contribution in [-0.2, 0) is 28.6 Å². The second-order valence-corrected chi connectivity index (χ2v) is 24.5. The van der Waals surface area contributed by atoms with Crippen LogP contribution < -0.4 is 0 Å². The van der Waals surface area contributed by atoms with Crippen molar-refractivity contribution >= 4 is 17.9 Å². The van der Waals surface area contributed by atoms with E-state index in [9.17, 15) is 14.4 Å². The Labute approximate surface area is 493 Å². The van der Waals surface area contributed by atoms with E-state index in [1.807, 2.05) is 0 Å². The molecule has 0 saturated carbocycles. The molecule has 0 aliphatic rings. The highest BCUT2D eigenvalue weighted by molar-refractivity contribution is 5.71. The van der Waals surface area contributed by atoms with E-state index in [4.69, 9.17) is 14.2 Å². The van der Waals surface area contributed by atoms with Crippen molar-refractivity contribution in [1.82, 2.24) is 0 Å². The summed E-state index contributed by atoms with van der Waals surface area (Å²) in [5.41, 5.74) is 0. The van der Waals surface area contributed by atoms with Crippen LogP contribution in [0, 0.1) is 0 Å². The monoisotopic (exact) mass is 1110 g/mol. The molecular formula is C73H138O6. The van der Waals surface area contributed by atoms with Gasteiger partial charge in [-0.2, -0.15) is 0 Å². The Balaban J connectivity index is 3.99. The zero-order chi connectivity index (χ0) is 57.1. The minimum Gasteiger partial charge on any atom is -0.462 e. The lowest BCUT2D eigenvalue weighted by atomic mass is 10.0. The lowest BCUT2D eigenvalue weighted by molar-refractivity contribution is -0.167. The molecule has 0 aliphatic heterocycles. The van der Waals surface area contributed by atoms with Crippen LogP contribution in [0.1, 0.15) is 406 Å². The molecule has 0 rings (SSSR count). The Kier molecular flexibility index (Phi) is 66.6. The maximum absolute atomic E-state index is 12.9. The van der Waals surface area contributed by atoms with Gasteiger partial charge < -0.3 is 14.2 Å². The van der Waals surface area contributed by atoms with Crippen molar-refractivity contribution in [2.24, 2.45) is 0 Å². The first-order valence-corrected chi connectivity index (χ1v) is 35.8. The van der Waals surface area contributed by atoms with Crippen molar-refractivity contribution in [3.05, 3.63) is 24.3 Å². The van der Waals surface area contributed by atoms with Gasteiger partial charge in [0.2, 0.25) is 0 Å². The molecule has 1 unspecified atom stereocenters. The normalized spacial score (nSPS) is 12.1. The summed E-state index contributed by atoms with van der Waals surface area (Å²) in [5, 5.41) is 0. The minimum atomic E-state index is -0.776. The van der Waals surface area contributed by atoms with E-state index < -0.39 is 6.10 Å². The SMILES string of the molecule is CCCCCC/C=C\CCCCCCCC(=O)OCC(COC(=O)CCCCCCCCCCCCCCCCCCCCCCCCCCCCCCCCCCCCC)OC(=O)CCCCCCC/C=C\CCCCCC. The van der Waals surface area contributed by atoms with Crippen LogP contribution in [0.3, 0.4) is 0 Å². The Morgan fingerprint density at radius 1 is 0.241 bits per heavy atom. The van der Waals surface area contributed by atoms with E-state index in [0.717, 1.165) is 70.6 Å². The molecule has 466 valence electrons. The smallest absolute Gasteiger partial charge is 0.306 e. The van der Waals surface area contributed by atoms with Gasteiger partial charge in [-0.1, -0.05) is 340 Å². The van der Waals surface area contributed by atoms with Crippen LogP contribution in [0.5, 0.6) is 0 Å². The number of allylic oxidation sites excluding steroid dienone is 4. The number of ether oxygens (including phenoxy) is 3. The van der Waals surface area contributed by atoms with Crippen molar-refractivity contribution < 1.29 is 28.6 Å². The predicted molar refractivity (Wildman–Crippen MR) is 344 cm³/mol. The molecule has 0 spiro atoms. The first-order chi connectivity index (χ1) is 39.0. The largest absolute Gasteiger partial charge is 0.462 e. The third-order valence-corrected chi connectivity index (χ3v) is 16.4. The van der Waals surface area contributed by atoms with Gasteiger partial charge in [0.25, 0.3) is 0 Å². The fourth-order valence-electron chi connectivity index (χ4n) is 11.0. The van der Waals surface area contributed by atoms with Gasteiger partial charge in [-0.15, -0.1) is 0 Å². The Morgan fingerprint density at radius 3 is 0.646 bits per heavy atom. The summed E-state index contributed by atoms with van der Waals surface area (Å²) < 4.78 is 16.9. The van der Waals surface area contributed by atoms with Crippen LogP contribution in [0.2, 0.25) is 0 Å². The van der Waals surface area contributed by atoms with Crippen LogP contribution in [0.4, 0.5) is 0 Å². The van der Waals surface area contributed by atoms with Crippen LogP contribution >= 0.6 is 0 Å². The van der Waals surface area contributed by atoms with Gasteiger partial charge >= 0.3 is 17.9 Å². The van der Waals surface area contributed by atoms with Gasteiger partial charge in [0.15, 0.2) is 6.10 Å². The van der Waals surface area contributed by atoms with E-state index in [0.29, 0.717) is 19.3 Å². The Hall–Kier alpha value is -2.11. The summed E-state index contributed by atoms with van der Waals surface area (Å²) in [5.74, 6) is -0.866. The van der Waals surface area contributed by atoms with Gasteiger partial charge in [-0.3, -0.25) is 14.4 Å². The fourth-order valence-corrected chi connectivity index (χ4v) is 11.0. The lowest BCUT2D eigenvalue weighted by Crippen LogP contribution is -2.30. The molecule has 1 atom stereocenters. The van der Waals surface area contributed by atoms with Crippen molar-refractivity contribution in [2.45, 2.75) is 412 Å². The van der Waals surface area contributed by atoms with Gasteiger partial charge in [0.1, 0.15) is 13.2 Å². The number of carbonyl (C=O) groups excluding carboxylic acids is 3. The van der Waals surface area contributed by atoms with E-state index in [1.165, 1.54) is 295 Å². The second-order valence-electron chi connectivity index (χ2n) is 24.5. The third kappa shape index (κ3) is 66.6. The van der Waals surface area contributed by atoms with Crippen LogP contribution in [0.15, 0.2) is 24.3 Å². The van der Waals surface area contributed by atoms with Crippen LogP contribution in [0.25, 0.3) is 0 Å². The minimum absolute atomic E-state index is 0.0726. The predicted octanol–water partition coefficient (Wildman–Crippen LogP) is 24.6. The topological polar surface area (TPSA) is 78.9 Å². The molecule has 0 aromatic carbocycles. The summed E-state index contributed by atoms with van der Waals surface area (Å²) in [6.45, 7) is 6.66. The molecule has 0 amide bonds. The van der Waals surface area contributed by atoms with Gasteiger partial charge in [-0.05, 0) is 70.6 Å². The molecule has 0 heterocycles. The molecule has 6 heteroatoms. The van der Waals surface area contributed by atoms with E-state index in [1.54, 1.807) is 0 Å². The number of esters is 3. The second kappa shape index (κ2) is 68.4. The highest BCUT2D eigenvalue weighted by Crippen LogP contribution is 2.19. The average Bonchev–Trinajstić information content (AvgIpc) is 3.45. The number of carbonyl (C=O) groups is 3. The highest BCUT2D eigenvalue weighted by atomic mass is 16.6. The van der Waals surface area contributed by atoms with Gasteiger partial charge in [0, 0.05) is 19.3 Å². The van der Waals surface area contributed by atoms with Gasteiger partial charge in [0.05, 0.1) is 0 Å². The summed E-state index contributed by atoms with van der Waals surface area (Å²) in [6.07, 6.45) is 83.9. The molecule has 0 N–H and O–H groups in total. The zero-order valence-corrected chi connectivity index (χ0v) is 53.7. The van der Waals surface area contributed by atoms with Crippen LogP contribution in [-0.4, -0.2) is 37.2 Å². The molecule has 0 bridgehead atoms. The first-order valence-electron chi connectivity index (χ1n) is 35.8. The molecular weight excluding hydrogens is 973 g/mol. The number of unbranched alkanes of at least 4 members (excludes halogenated alkanes) is 52. The molecule has 0 saturated heterocycles. The summed E-state index contributed by atoms with van der Waals surface area (Å²) in [4.78, 5) is 38.3. The maximum atomic E-state index is 12.9. The molecule has 0 aromatic heterocycles. The maximum Gasteiger partial charge on any atom is 0.306 e. The van der Waals surface area contributed by atoms with Crippen molar-refractivity contribution in [1.29, 1.82) is 0 Å². The third-order valence-electron chi connectivity index (χ3n) is 16.4. The summed E-state index contributed by atoms with van der Waals surface area (Å²) in [7, 11) is 0. The fraction of sp³-hybridized carbons (Fsp3) is 0.904. The molecule has 79 heavy (non-hydrogen) atoms. The number of rotatable bonds is 67. The van der Waals surface area contributed by atoms with Crippen molar-refractivity contribution in [3.63, 3.8) is 0 Å². The summed E-state index contributed by atoms with van der Waals surface area (Å²) >= 11 is 0. The molecule has 0 fully saturated rings. The van der Waals surface area contributed by atoms with E-state index in [-0.39, 0.29) is 31.1 Å². The van der Waals surface area contributed by atoms with E-state index >= 15 is 0 Å². The first kappa shape index (κ1) is 76.9. The quantitative estimate of drug-likeness (QED) is 0.0261. The molecule has 6 nitrogen and oxygen atoms in total. The van der Waals surface area contributed by atoms with Gasteiger partial charge in [-0.25, -0.2) is 0 Å². The molecule has 0 aromatic rings. The van der Waals surface area contributed by atoms with Crippen molar-refractivity contribution in [2.75, 3.05) is 13.2 Å². The lowest BCUT2D eigenvalue weighted by Gasteiger charge is -2.18. The average molecular weight is 1110 g/mol. The standard InChI is InChI=1S/C73H138O6/c1-4-7-10-13-16-19-22-25-26-27-28-29-30-31-32-33-34-35-36-37-38-39-40-41-42-43-44-45-46-49-51-54-57-60-63-66-72(75)78-69-70(79-73(76)67-64-61-58-55-52-48-24-21-18-15-12-9-6-3)68-77-71(74)65-62-59-56-53-50-47-23-20-17-14-11-8-5-2/h20-21,23-24,70H,4-19,22,25-69H2,1-3H3/b23-20-,24-21-. The molecule has 0 radical (unpaired) electrons. The van der Waals surface area contributed by atoms with Crippen molar-refractivity contribution in [3.8, 4) is 0 Å².